The van der Waals surface area contributed by atoms with Gasteiger partial charge in [0, 0.05) is 10.7 Å². The predicted molar refractivity (Wildman–Crippen MR) is 134 cm³/mol. The number of halogens is 1. The number of thioether (sulfide) groups is 1. The van der Waals surface area contributed by atoms with Gasteiger partial charge in [0.1, 0.15) is 5.75 Å². The fourth-order valence-electron chi connectivity index (χ4n) is 3.58. The van der Waals surface area contributed by atoms with Crippen LogP contribution in [0, 0.1) is 13.8 Å². The van der Waals surface area contributed by atoms with Gasteiger partial charge in [0.25, 0.3) is 5.56 Å². The van der Waals surface area contributed by atoms with Crippen LogP contribution in [-0.4, -0.2) is 28.3 Å². The number of rotatable bonds is 6. The first kappa shape index (κ1) is 22.9. The molecule has 0 aliphatic carbocycles. The molecule has 1 aromatic heterocycles. The van der Waals surface area contributed by atoms with Crippen molar-refractivity contribution in [3.05, 3.63) is 87.2 Å². The lowest BCUT2D eigenvalue weighted by molar-refractivity contribution is -0.113. The van der Waals surface area contributed by atoms with Crippen LogP contribution in [0.1, 0.15) is 11.1 Å². The quantitative estimate of drug-likeness (QED) is 0.296. The van der Waals surface area contributed by atoms with Crippen LogP contribution in [0.4, 0.5) is 5.69 Å². The molecule has 0 atom stereocenters. The smallest absolute Gasteiger partial charge is 0.266 e. The zero-order valence-electron chi connectivity index (χ0n) is 18.4. The lowest BCUT2D eigenvalue weighted by atomic mass is 10.1. The zero-order chi connectivity index (χ0) is 23.5. The summed E-state index contributed by atoms with van der Waals surface area (Å²) in [5.41, 5.74) is 3.51. The summed E-state index contributed by atoms with van der Waals surface area (Å²) >= 11 is 7.31. The van der Waals surface area contributed by atoms with Gasteiger partial charge in [-0.1, -0.05) is 53.7 Å². The maximum Gasteiger partial charge on any atom is 0.266 e. The molecular formula is C25H22ClN3O3S. The maximum atomic E-state index is 13.5. The highest BCUT2D eigenvalue weighted by Gasteiger charge is 2.18. The Kier molecular flexibility index (Phi) is 6.72. The monoisotopic (exact) mass is 479 g/mol. The zero-order valence-corrected chi connectivity index (χ0v) is 20.0. The standard InChI is InChI=1S/C25H22ClN3O3S/c1-15-7-6-8-16(2)23(15)28-22(30)14-33-25-27-19-13-17(26)11-12-18(19)24(31)29(25)20-9-4-5-10-21(20)32-3/h4-13H,14H2,1-3H3,(H,28,30). The van der Waals surface area contributed by atoms with Crippen molar-refractivity contribution in [2.24, 2.45) is 0 Å². The number of nitrogens with one attached hydrogen (secondary N) is 1. The highest BCUT2D eigenvalue weighted by atomic mass is 35.5. The average Bonchev–Trinajstić information content (AvgIpc) is 2.80. The molecule has 0 saturated carbocycles. The predicted octanol–water partition coefficient (Wildman–Crippen LogP) is 5.40. The number of carbonyl (C=O) groups is 1. The van der Waals surface area contributed by atoms with Gasteiger partial charge >= 0.3 is 0 Å². The Morgan fingerprint density at radius 2 is 1.82 bits per heavy atom. The number of ether oxygens (including phenoxy) is 1. The summed E-state index contributed by atoms with van der Waals surface area (Å²) in [6, 6.07) is 18.0. The van der Waals surface area contributed by atoms with Crippen molar-refractivity contribution in [1.29, 1.82) is 0 Å². The van der Waals surface area contributed by atoms with Crippen LogP contribution in [-0.2, 0) is 4.79 Å². The molecule has 0 aliphatic heterocycles. The Hall–Kier alpha value is -3.29. The molecule has 0 saturated heterocycles. The third-order valence-corrected chi connectivity index (χ3v) is 6.38. The molecule has 0 spiro atoms. The molecule has 0 aliphatic rings. The van der Waals surface area contributed by atoms with Crippen molar-refractivity contribution < 1.29 is 9.53 Å². The highest BCUT2D eigenvalue weighted by Crippen LogP contribution is 2.28. The van der Waals surface area contributed by atoms with E-state index in [1.165, 1.54) is 16.3 Å². The fraction of sp³-hybridized carbons (Fsp3) is 0.160. The lowest BCUT2D eigenvalue weighted by Gasteiger charge is -2.16. The van der Waals surface area contributed by atoms with Gasteiger partial charge in [0.05, 0.1) is 29.5 Å². The van der Waals surface area contributed by atoms with Gasteiger partial charge in [-0.3, -0.25) is 14.2 Å². The van der Waals surface area contributed by atoms with Gasteiger partial charge in [-0.05, 0) is 55.3 Å². The van der Waals surface area contributed by atoms with Crippen LogP contribution in [0.5, 0.6) is 5.75 Å². The first-order valence-electron chi connectivity index (χ1n) is 10.2. The molecule has 6 nitrogen and oxygen atoms in total. The topological polar surface area (TPSA) is 73.2 Å². The van der Waals surface area contributed by atoms with Gasteiger partial charge in [-0.15, -0.1) is 0 Å². The third kappa shape index (κ3) is 4.74. The van der Waals surface area contributed by atoms with Crippen molar-refractivity contribution >= 4 is 45.9 Å². The number of methoxy groups -OCH3 is 1. The Bertz CT molecular complexity index is 1400. The molecule has 0 bridgehead atoms. The molecule has 33 heavy (non-hydrogen) atoms. The normalized spacial score (nSPS) is 10.9. The van der Waals surface area contributed by atoms with Gasteiger partial charge in [0.15, 0.2) is 5.16 Å². The van der Waals surface area contributed by atoms with E-state index in [0.717, 1.165) is 16.8 Å². The number of anilines is 1. The number of aryl methyl sites for hydroxylation is 2. The molecule has 168 valence electrons. The molecule has 3 aromatic carbocycles. The molecule has 0 fully saturated rings. The summed E-state index contributed by atoms with van der Waals surface area (Å²) in [5, 5.41) is 4.25. The summed E-state index contributed by atoms with van der Waals surface area (Å²) in [6.07, 6.45) is 0. The van der Waals surface area contributed by atoms with E-state index in [1.54, 1.807) is 37.4 Å². The summed E-state index contributed by atoms with van der Waals surface area (Å²) in [6.45, 7) is 3.90. The van der Waals surface area contributed by atoms with Crippen LogP contribution in [0.3, 0.4) is 0 Å². The van der Waals surface area contributed by atoms with Crippen LogP contribution in [0.25, 0.3) is 16.6 Å². The highest BCUT2D eigenvalue weighted by molar-refractivity contribution is 7.99. The molecule has 1 heterocycles. The maximum absolute atomic E-state index is 13.5. The van der Waals surface area contributed by atoms with Crippen LogP contribution in [0.15, 0.2) is 70.6 Å². The Morgan fingerprint density at radius 1 is 1.09 bits per heavy atom. The van der Waals surface area contributed by atoms with E-state index >= 15 is 0 Å². The summed E-state index contributed by atoms with van der Waals surface area (Å²) < 4.78 is 6.95. The minimum atomic E-state index is -0.265. The number of hydrogen-bond acceptors (Lipinski definition) is 5. The Labute approximate surface area is 200 Å². The molecule has 1 amide bonds. The molecule has 1 N–H and O–H groups in total. The fourth-order valence-corrected chi connectivity index (χ4v) is 4.55. The van der Waals surface area contributed by atoms with Crippen molar-refractivity contribution in [1.82, 2.24) is 9.55 Å². The van der Waals surface area contributed by atoms with E-state index in [1.807, 2.05) is 44.2 Å². The number of nitrogens with zero attached hydrogens (tertiary/aromatic N) is 2. The molecule has 0 radical (unpaired) electrons. The minimum absolute atomic E-state index is 0.0709. The number of para-hydroxylation sites is 3. The summed E-state index contributed by atoms with van der Waals surface area (Å²) in [4.78, 5) is 30.9. The number of fused-ring (bicyclic) bond motifs is 1. The first-order valence-corrected chi connectivity index (χ1v) is 11.6. The SMILES string of the molecule is COc1ccccc1-n1c(SCC(=O)Nc2c(C)cccc2C)nc2cc(Cl)ccc2c1=O. The average molecular weight is 480 g/mol. The van der Waals surface area contributed by atoms with Crippen LogP contribution < -0.4 is 15.6 Å². The van der Waals surface area contributed by atoms with Crippen molar-refractivity contribution in [3.63, 3.8) is 0 Å². The number of benzene rings is 3. The molecule has 0 unspecified atom stereocenters. The van der Waals surface area contributed by atoms with Gasteiger partial charge in [-0.2, -0.15) is 0 Å². The summed E-state index contributed by atoms with van der Waals surface area (Å²) in [5.74, 6) is 0.405. The second kappa shape index (κ2) is 9.68. The molecule has 4 rings (SSSR count). The van der Waals surface area contributed by atoms with E-state index < -0.39 is 0 Å². The van der Waals surface area contributed by atoms with Crippen LogP contribution in [0.2, 0.25) is 5.02 Å². The number of amides is 1. The third-order valence-electron chi connectivity index (χ3n) is 5.20. The van der Waals surface area contributed by atoms with E-state index in [9.17, 15) is 9.59 Å². The number of carbonyl (C=O) groups excluding carboxylic acids is 1. The van der Waals surface area contributed by atoms with Crippen molar-refractivity contribution in [3.8, 4) is 11.4 Å². The minimum Gasteiger partial charge on any atom is -0.495 e. The van der Waals surface area contributed by atoms with Crippen molar-refractivity contribution in [2.45, 2.75) is 19.0 Å². The second-order valence-corrected chi connectivity index (χ2v) is 8.85. The Balaban J connectivity index is 1.74. The van der Waals surface area contributed by atoms with Crippen LogP contribution >= 0.6 is 23.4 Å². The second-order valence-electron chi connectivity index (χ2n) is 7.47. The molecule has 8 heteroatoms. The lowest BCUT2D eigenvalue weighted by Crippen LogP contribution is -2.23. The number of aromatic nitrogens is 2. The summed E-state index contributed by atoms with van der Waals surface area (Å²) in [7, 11) is 1.54. The van der Waals surface area contributed by atoms with E-state index in [2.05, 4.69) is 10.3 Å². The Morgan fingerprint density at radius 3 is 2.55 bits per heavy atom. The van der Waals surface area contributed by atoms with Gasteiger partial charge < -0.3 is 10.1 Å². The van der Waals surface area contributed by atoms with Crippen molar-refractivity contribution in [2.75, 3.05) is 18.2 Å². The van der Waals surface area contributed by atoms with E-state index in [4.69, 9.17) is 16.3 Å². The first-order chi connectivity index (χ1) is 15.9. The van der Waals surface area contributed by atoms with Gasteiger partial charge in [0.2, 0.25) is 5.91 Å². The largest absolute Gasteiger partial charge is 0.495 e. The van der Waals surface area contributed by atoms with E-state index in [0.29, 0.717) is 32.5 Å². The van der Waals surface area contributed by atoms with Gasteiger partial charge in [-0.25, -0.2) is 4.98 Å². The molecule has 4 aromatic rings. The van der Waals surface area contributed by atoms with E-state index in [-0.39, 0.29) is 17.2 Å². The molecular weight excluding hydrogens is 458 g/mol. The number of hydrogen-bond donors (Lipinski definition) is 1.